The number of benzene rings is 2. The number of halogens is 2. The van der Waals surface area contributed by atoms with Crippen LogP contribution in [0, 0.1) is 25.5 Å². The van der Waals surface area contributed by atoms with E-state index in [0.29, 0.717) is 23.6 Å². The number of pyridine rings is 1. The third kappa shape index (κ3) is 3.85. The van der Waals surface area contributed by atoms with Crippen LogP contribution in [-0.4, -0.2) is 20.5 Å². The molecule has 146 valence electrons. The second kappa shape index (κ2) is 7.43. The summed E-state index contributed by atoms with van der Waals surface area (Å²) in [6, 6.07) is 12.4. The number of aromatic nitrogens is 3. The zero-order chi connectivity index (χ0) is 20.5. The number of carbonyl (C=O) groups is 1. The van der Waals surface area contributed by atoms with E-state index in [1.165, 1.54) is 23.3 Å². The molecule has 0 unspecified atom stereocenters. The summed E-state index contributed by atoms with van der Waals surface area (Å²) in [5.41, 5.74) is 4.48. The van der Waals surface area contributed by atoms with Gasteiger partial charge in [0.15, 0.2) is 11.5 Å². The highest BCUT2D eigenvalue weighted by Gasteiger charge is 2.13. The molecule has 1 N–H and O–H groups in total. The van der Waals surface area contributed by atoms with E-state index >= 15 is 0 Å². The average Bonchev–Trinajstić information content (AvgIpc) is 3.11. The normalized spacial score (nSPS) is 11.0. The summed E-state index contributed by atoms with van der Waals surface area (Å²) in [6.07, 6.45) is 1.61. The Kier molecular flexibility index (Phi) is 4.80. The van der Waals surface area contributed by atoms with Crippen molar-refractivity contribution in [2.24, 2.45) is 0 Å². The van der Waals surface area contributed by atoms with Gasteiger partial charge in [-0.15, -0.1) is 10.2 Å². The van der Waals surface area contributed by atoms with Gasteiger partial charge in [-0.05, 0) is 54.8 Å². The first-order valence-corrected chi connectivity index (χ1v) is 9.06. The predicted octanol–water partition coefficient (Wildman–Crippen LogP) is 4.22. The summed E-state index contributed by atoms with van der Waals surface area (Å²) in [7, 11) is 0. The standard InChI is InChI=1S/C22H18F2N4O/c1-13-3-4-15(7-14(13)2)12-25-22(29)16-5-6-28-20(10-16)26-27-21(28)17-8-18(23)11-19(24)9-17/h3-11H,12H2,1-2H3,(H,25,29). The van der Waals surface area contributed by atoms with Gasteiger partial charge in [0.1, 0.15) is 11.6 Å². The van der Waals surface area contributed by atoms with E-state index in [4.69, 9.17) is 0 Å². The Hall–Kier alpha value is -3.61. The van der Waals surface area contributed by atoms with Crippen LogP contribution in [0.3, 0.4) is 0 Å². The van der Waals surface area contributed by atoms with Crippen molar-refractivity contribution >= 4 is 11.6 Å². The van der Waals surface area contributed by atoms with Gasteiger partial charge < -0.3 is 5.32 Å². The molecule has 7 heteroatoms. The fraction of sp³-hybridized carbons (Fsp3) is 0.136. The number of hydrogen-bond donors (Lipinski definition) is 1. The molecular formula is C22H18F2N4O. The Morgan fingerprint density at radius 3 is 2.45 bits per heavy atom. The highest BCUT2D eigenvalue weighted by molar-refractivity contribution is 5.95. The van der Waals surface area contributed by atoms with E-state index in [2.05, 4.69) is 15.5 Å². The molecule has 2 aromatic carbocycles. The van der Waals surface area contributed by atoms with E-state index in [1.807, 2.05) is 32.0 Å². The summed E-state index contributed by atoms with van der Waals surface area (Å²) in [5.74, 6) is -1.34. The molecule has 4 rings (SSSR count). The zero-order valence-corrected chi connectivity index (χ0v) is 15.9. The maximum Gasteiger partial charge on any atom is 0.251 e. The molecule has 0 fully saturated rings. The first-order chi connectivity index (χ1) is 13.9. The van der Waals surface area contributed by atoms with Crippen molar-refractivity contribution in [3.8, 4) is 11.4 Å². The number of carbonyl (C=O) groups excluding carboxylic acids is 1. The van der Waals surface area contributed by atoms with Crippen molar-refractivity contribution in [2.75, 3.05) is 0 Å². The molecule has 29 heavy (non-hydrogen) atoms. The van der Waals surface area contributed by atoms with Crippen LogP contribution in [0.15, 0.2) is 54.7 Å². The molecule has 0 aliphatic rings. The van der Waals surface area contributed by atoms with Crippen molar-refractivity contribution in [2.45, 2.75) is 20.4 Å². The van der Waals surface area contributed by atoms with Crippen LogP contribution in [-0.2, 0) is 6.54 Å². The molecule has 0 aliphatic heterocycles. The van der Waals surface area contributed by atoms with Crippen molar-refractivity contribution in [3.63, 3.8) is 0 Å². The van der Waals surface area contributed by atoms with Crippen LogP contribution in [0.1, 0.15) is 27.0 Å². The van der Waals surface area contributed by atoms with Crippen LogP contribution < -0.4 is 5.32 Å². The summed E-state index contributed by atoms with van der Waals surface area (Å²) < 4.78 is 28.6. The Labute approximate surface area is 166 Å². The third-order valence-corrected chi connectivity index (χ3v) is 4.82. The number of aryl methyl sites for hydroxylation is 2. The van der Waals surface area contributed by atoms with E-state index in [9.17, 15) is 13.6 Å². The highest BCUT2D eigenvalue weighted by Crippen LogP contribution is 2.21. The van der Waals surface area contributed by atoms with E-state index in [-0.39, 0.29) is 11.5 Å². The lowest BCUT2D eigenvalue weighted by Gasteiger charge is -2.08. The maximum atomic E-state index is 13.5. The van der Waals surface area contributed by atoms with Crippen LogP contribution in [0.25, 0.3) is 17.0 Å². The average molecular weight is 392 g/mol. The topological polar surface area (TPSA) is 59.3 Å². The van der Waals surface area contributed by atoms with Crippen molar-refractivity contribution < 1.29 is 13.6 Å². The van der Waals surface area contributed by atoms with Gasteiger partial charge in [0.05, 0.1) is 0 Å². The van der Waals surface area contributed by atoms with E-state index in [1.54, 1.807) is 22.7 Å². The summed E-state index contributed by atoms with van der Waals surface area (Å²) in [4.78, 5) is 12.5. The van der Waals surface area contributed by atoms with Crippen LogP contribution >= 0.6 is 0 Å². The molecule has 5 nitrogen and oxygen atoms in total. The highest BCUT2D eigenvalue weighted by atomic mass is 19.1. The van der Waals surface area contributed by atoms with Gasteiger partial charge in [0.25, 0.3) is 5.91 Å². The number of amides is 1. The molecule has 1 amide bonds. The SMILES string of the molecule is Cc1ccc(CNC(=O)c2ccn3c(-c4cc(F)cc(F)c4)nnc3c2)cc1C. The quantitative estimate of drug-likeness (QED) is 0.566. The third-order valence-electron chi connectivity index (χ3n) is 4.82. The van der Waals surface area contributed by atoms with Gasteiger partial charge in [0.2, 0.25) is 0 Å². The van der Waals surface area contributed by atoms with Gasteiger partial charge in [-0.25, -0.2) is 8.78 Å². The minimum Gasteiger partial charge on any atom is -0.348 e. The van der Waals surface area contributed by atoms with Gasteiger partial charge in [-0.2, -0.15) is 0 Å². The number of nitrogens with one attached hydrogen (secondary N) is 1. The van der Waals surface area contributed by atoms with Crippen LogP contribution in [0.2, 0.25) is 0 Å². The molecule has 0 radical (unpaired) electrons. The van der Waals surface area contributed by atoms with Crippen molar-refractivity contribution in [3.05, 3.63) is 88.6 Å². The fourth-order valence-corrected chi connectivity index (χ4v) is 3.11. The van der Waals surface area contributed by atoms with E-state index in [0.717, 1.165) is 11.6 Å². The largest absolute Gasteiger partial charge is 0.348 e. The zero-order valence-electron chi connectivity index (χ0n) is 15.9. The molecule has 0 saturated heterocycles. The van der Waals surface area contributed by atoms with Gasteiger partial charge in [0, 0.05) is 29.9 Å². The molecule has 0 spiro atoms. The van der Waals surface area contributed by atoms with Gasteiger partial charge >= 0.3 is 0 Å². The summed E-state index contributed by atoms with van der Waals surface area (Å²) >= 11 is 0. The molecular weight excluding hydrogens is 374 g/mol. The van der Waals surface area contributed by atoms with Crippen molar-refractivity contribution in [1.82, 2.24) is 19.9 Å². The molecule has 2 aromatic heterocycles. The Morgan fingerprint density at radius 2 is 1.72 bits per heavy atom. The van der Waals surface area contributed by atoms with Crippen LogP contribution in [0.4, 0.5) is 8.78 Å². The van der Waals surface area contributed by atoms with Crippen LogP contribution in [0.5, 0.6) is 0 Å². The monoisotopic (exact) mass is 392 g/mol. The minimum atomic E-state index is -0.695. The fourth-order valence-electron chi connectivity index (χ4n) is 3.11. The lowest BCUT2D eigenvalue weighted by molar-refractivity contribution is 0.0951. The second-order valence-electron chi connectivity index (χ2n) is 6.93. The maximum absolute atomic E-state index is 13.5. The molecule has 0 saturated carbocycles. The second-order valence-corrected chi connectivity index (χ2v) is 6.93. The Balaban J connectivity index is 1.56. The number of rotatable bonds is 4. The first kappa shape index (κ1) is 18.7. The Bertz CT molecular complexity index is 1210. The lowest BCUT2D eigenvalue weighted by Crippen LogP contribution is -2.23. The van der Waals surface area contributed by atoms with E-state index < -0.39 is 11.6 Å². The minimum absolute atomic E-state index is 0.243. The molecule has 2 heterocycles. The van der Waals surface area contributed by atoms with Gasteiger partial charge in [-0.3, -0.25) is 9.20 Å². The molecule has 0 aliphatic carbocycles. The predicted molar refractivity (Wildman–Crippen MR) is 105 cm³/mol. The molecule has 4 aromatic rings. The first-order valence-electron chi connectivity index (χ1n) is 9.06. The number of nitrogens with zero attached hydrogens (tertiary/aromatic N) is 3. The molecule has 0 atom stereocenters. The summed E-state index contributed by atoms with van der Waals surface area (Å²) in [5, 5.41) is 10.9. The lowest BCUT2D eigenvalue weighted by atomic mass is 10.1. The Morgan fingerprint density at radius 1 is 0.966 bits per heavy atom. The van der Waals surface area contributed by atoms with Gasteiger partial charge in [-0.1, -0.05) is 18.2 Å². The number of fused-ring (bicyclic) bond motifs is 1. The number of hydrogen-bond acceptors (Lipinski definition) is 3. The van der Waals surface area contributed by atoms with Crippen molar-refractivity contribution in [1.29, 1.82) is 0 Å². The smallest absolute Gasteiger partial charge is 0.251 e. The molecule has 0 bridgehead atoms. The summed E-state index contributed by atoms with van der Waals surface area (Å²) in [6.45, 7) is 4.48.